The van der Waals surface area contributed by atoms with Gasteiger partial charge in [-0.3, -0.25) is 4.79 Å². The molecule has 0 radical (unpaired) electrons. The fraction of sp³-hybridized carbons (Fsp3) is 0.222. The maximum absolute atomic E-state index is 12.8. The number of amides is 1. The first-order valence-corrected chi connectivity index (χ1v) is 7.92. The second-order valence-corrected chi connectivity index (χ2v) is 5.73. The summed E-state index contributed by atoms with van der Waals surface area (Å²) in [5, 5.41) is 3.08. The zero-order valence-electron chi connectivity index (χ0n) is 13.7. The molecule has 0 fully saturated rings. The summed E-state index contributed by atoms with van der Waals surface area (Å²) in [6.07, 6.45) is -1.93. The van der Waals surface area contributed by atoms with Crippen LogP contribution in [-0.2, 0) is 14.3 Å². The van der Waals surface area contributed by atoms with Crippen molar-refractivity contribution in [3.8, 4) is 5.75 Å². The molecule has 25 heavy (non-hydrogen) atoms. The van der Waals surface area contributed by atoms with E-state index in [4.69, 9.17) is 21.1 Å². The minimum Gasteiger partial charge on any atom is -0.479 e. The smallest absolute Gasteiger partial charge is 0.347 e. The average molecular weight is 366 g/mol. The SMILES string of the molecule is C[C@@H](OC(=O)[C@@H](C)Oc1ccc(Cl)cc1)C(=O)Nc1ccc(F)cc1. The van der Waals surface area contributed by atoms with Crippen LogP contribution < -0.4 is 10.1 Å². The first kappa shape index (κ1) is 18.7. The number of esters is 1. The summed E-state index contributed by atoms with van der Waals surface area (Å²) in [4.78, 5) is 24.0. The molecule has 0 aliphatic rings. The van der Waals surface area contributed by atoms with Crippen molar-refractivity contribution in [1.82, 2.24) is 0 Å². The molecule has 7 heteroatoms. The molecule has 0 aromatic heterocycles. The van der Waals surface area contributed by atoms with Crippen LogP contribution in [0.15, 0.2) is 48.5 Å². The van der Waals surface area contributed by atoms with Crippen molar-refractivity contribution in [2.24, 2.45) is 0 Å². The van der Waals surface area contributed by atoms with Crippen LogP contribution in [0.1, 0.15) is 13.8 Å². The highest BCUT2D eigenvalue weighted by Crippen LogP contribution is 2.17. The molecule has 0 saturated heterocycles. The van der Waals surface area contributed by atoms with E-state index in [0.717, 1.165) is 0 Å². The zero-order chi connectivity index (χ0) is 18.4. The number of ether oxygens (including phenoxy) is 2. The molecule has 2 aromatic rings. The van der Waals surface area contributed by atoms with E-state index >= 15 is 0 Å². The highest BCUT2D eigenvalue weighted by Gasteiger charge is 2.23. The highest BCUT2D eigenvalue weighted by molar-refractivity contribution is 6.30. The second kappa shape index (κ2) is 8.48. The Morgan fingerprint density at radius 2 is 1.60 bits per heavy atom. The van der Waals surface area contributed by atoms with Crippen LogP contribution in [0.3, 0.4) is 0 Å². The predicted molar refractivity (Wildman–Crippen MR) is 92.1 cm³/mol. The minimum atomic E-state index is -1.03. The summed E-state index contributed by atoms with van der Waals surface area (Å²) in [6.45, 7) is 2.95. The van der Waals surface area contributed by atoms with Crippen molar-refractivity contribution in [3.05, 3.63) is 59.4 Å². The molecule has 1 N–H and O–H groups in total. The van der Waals surface area contributed by atoms with E-state index in [1.54, 1.807) is 24.3 Å². The summed E-state index contributed by atoms with van der Waals surface area (Å²) in [6, 6.07) is 11.8. The Balaban J connectivity index is 1.86. The maximum Gasteiger partial charge on any atom is 0.347 e. The molecule has 5 nitrogen and oxygen atoms in total. The fourth-order valence-electron chi connectivity index (χ4n) is 1.87. The fourth-order valence-corrected chi connectivity index (χ4v) is 1.99. The Morgan fingerprint density at radius 1 is 1.00 bits per heavy atom. The molecule has 0 spiro atoms. The second-order valence-electron chi connectivity index (χ2n) is 5.29. The van der Waals surface area contributed by atoms with Crippen LogP contribution in [0.25, 0.3) is 0 Å². The first-order chi connectivity index (χ1) is 11.8. The molecule has 0 unspecified atom stereocenters. The van der Waals surface area contributed by atoms with Gasteiger partial charge in [-0.2, -0.15) is 0 Å². The number of hydrogen-bond donors (Lipinski definition) is 1. The Labute approximate surface area is 149 Å². The summed E-state index contributed by atoms with van der Waals surface area (Å²) in [5.41, 5.74) is 0.403. The normalized spacial score (nSPS) is 12.8. The number of hydrogen-bond acceptors (Lipinski definition) is 4. The molecule has 0 aliphatic heterocycles. The molecule has 132 valence electrons. The largest absolute Gasteiger partial charge is 0.479 e. The maximum atomic E-state index is 12.8. The zero-order valence-corrected chi connectivity index (χ0v) is 14.4. The van der Waals surface area contributed by atoms with E-state index < -0.39 is 29.9 Å². The van der Waals surface area contributed by atoms with Crippen molar-refractivity contribution < 1.29 is 23.5 Å². The van der Waals surface area contributed by atoms with E-state index in [1.807, 2.05) is 0 Å². The van der Waals surface area contributed by atoms with E-state index in [0.29, 0.717) is 16.5 Å². The molecular formula is C18H17ClFNO4. The minimum absolute atomic E-state index is 0.403. The average Bonchev–Trinajstić information content (AvgIpc) is 2.58. The number of anilines is 1. The highest BCUT2D eigenvalue weighted by atomic mass is 35.5. The van der Waals surface area contributed by atoms with Gasteiger partial charge in [0.2, 0.25) is 0 Å². The molecule has 2 rings (SSSR count). The first-order valence-electron chi connectivity index (χ1n) is 7.54. The number of carbonyl (C=O) groups is 2. The summed E-state index contributed by atoms with van der Waals surface area (Å²) in [7, 11) is 0. The van der Waals surface area contributed by atoms with Gasteiger partial charge in [-0.1, -0.05) is 11.6 Å². The van der Waals surface area contributed by atoms with Crippen LogP contribution in [0.4, 0.5) is 10.1 Å². The van der Waals surface area contributed by atoms with Gasteiger partial charge in [0.25, 0.3) is 5.91 Å². The third-order valence-corrected chi connectivity index (χ3v) is 3.48. The molecule has 0 bridgehead atoms. The van der Waals surface area contributed by atoms with Crippen LogP contribution >= 0.6 is 11.6 Å². The van der Waals surface area contributed by atoms with Crippen molar-refractivity contribution in [2.75, 3.05) is 5.32 Å². The van der Waals surface area contributed by atoms with Crippen LogP contribution in [0, 0.1) is 5.82 Å². The lowest BCUT2D eigenvalue weighted by molar-refractivity contribution is -0.159. The third-order valence-electron chi connectivity index (χ3n) is 3.23. The van der Waals surface area contributed by atoms with Gasteiger partial charge in [0, 0.05) is 10.7 Å². The lowest BCUT2D eigenvalue weighted by Crippen LogP contribution is -2.35. The lowest BCUT2D eigenvalue weighted by Gasteiger charge is -2.17. The summed E-state index contributed by atoms with van der Waals surface area (Å²) < 4.78 is 23.4. The van der Waals surface area contributed by atoms with Gasteiger partial charge >= 0.3 is 5.97 Å². The van der Waals surface area contributed by atoms with E-state index in [-0.39, 0.29) is 0 Å². The van der Waals surface area contributed by atoms with Gasteiger partial charge < -0.3 is 14.8 Å². The lowest BCUT2D eigenvalue weighted by atomic mass is 10.3. The standard InChI is InChI=1S/C18H17ClFNO4/c1-11(17(22)21-15-7-5-14(20)6-8-15)25-18(23)12(2)24-16-9-3-13(19)4-10-16/h3-12H,1-2H3,(H,21,22)/t11-,12-/m1/s1. The van der Waals surface area contributed by atoms with E-state index in [2.05, 4.69) is 5.32 Å². The van der Waals surface area contributed by atoms with E-state index in [9.17, 15) is 14.0 Å². The monoisotopic (exact) mass is 365 g/mol. The van der Waals surface area contributed by atoms with Crippen molar-refractivity contribution in [2.45, 2.75) is 26.1 Å². The van der Waals surface area contributed by atoms with Crippen molar-refractivity contribution in [1.29, 1.82) is 0 Å². The van der Waals surface area contributed by atoms with Gasteiger partial charge in [0.15, 0.2) is 12.2 Å². The van der Waals surface area contributed by atoms with Crippen molar-refractivity contribution >= 4 is 29.2 Å². The Morgan fingerprint density at radius 3 is 2.20 bits per heavy atom. The molecule has 0 saturated carbocycles. The quantitative estimate of drug-likeness (QED) is 0.790. The van der Waals surface area contributed by atoms with Crippen molar-refractivity contribution in [3.63, 3.8) is 0 Å². The number of carbonyl (C=O) groups excluding carboxylic acids is 2. The van der Waals surface area contributed by atoms with E-state index in [1.165, 1.54) is 38.1 Å². The van der Waals surface area contributed by atoms with Gasteiger partial charge in [-0.25, -0.2) is 9.18 Å². The summed E-state index contributed by atoms with van der Waals surface area (Å²) in [5.74, 6) is -1.17. The molecule has 2 atom stereocenters. The van der Waals surface area contributed by atoms with Gasteiger partial charge in [-0.05, 0) is 62.4 Å². The van der Waals surface area contributed by atoms with Crippen LogP contribution in [-0.4, -0.2) is 24.1 Å². The third kappa shape index (κ3) is 5.76. The van der Waals surface area contributed by atoms with Gasteiger partial charge in [0.1, 0.15) is 11.6 Å². The molecule has 0 heterocycles. The molecule has 0 aliphatic carbocycles. The van der Waals surface area contributed by atoms with Gasteiger partial charge in [-0.15, -0.1) is 0 Å². The number of rotatable bonds is 6. The summed E-state index contributed by atoms with van der Waals surface area (Å²) >= 11 is 5.78. The molecule has 2 aromatic carbocycles. The Kier molecular flexibility index (Phi) is 6.36. The Bertz CT molecular complexity index is 734. The predicted octanol–water partition coefficient (Wildman–Crippen LogP) is 3.82. The van der Waals surface area contributed by atoms with Crippen LogP contribution in [0.5, 0.6) is 5.75 Å². The number of benzene rings is 2. The topological polar surface area (TPSA) is 64.6 Å². The van der Waals surface area contributed by atoms with Gasteiger partial charge in [0.05, 0.1) is 0 Å². The Hall–Kier alpha value is -2.60. The molecule has 1 amide bonds. The van der Waals surface area contributed by atoms with Crippen LogP contribution in [0.2, 0.25) is 5.02 Å². The molecular weight excluding hydrogens is 349 g/mol. The number of nitrogens with one attached hydrogen (secondary N) is 1. The number of halogens is 2.